The van der Waals surface area contributed by atoms with Gasteiger partial charge in [-0.25, -0.2) is 0 Å². The van der Waals surface area contributed by atoms with Crippen molar-refractivity contribution < 1.29 is 0 Å². The number of hydrogen-bond donors (Lipinski definition) is 0. The van der Waals surface area contributed by atoms with E-state index in [-0.39, 0.29) is 0 Å². The number of hydrogen-bond acceptors (Lipinski definition) is 3. The number of para-hydroxylation sites is 2. The fraction of sp³-hybridized carbons (Fsp3) is 0.217. The molecule has 3 aromatic rings. The number of rotatable bonds is 4. The summed E-state index contributed by atoms with van der Waals surface area (Å²) >= 11 is 0. The lowest BCUT2D eigenvalue weighted by molar-refractivity contribution is 0.864. The van der Waals surface area contributed by atoms with Gasteiger partial charge in [0.25, 0.3) is 0 Å². The SMILES string of the molecule is CC(C)c1ccc(N2CN(c3ccccc3)N(c3ccccc3)C2)cc1. The Kier molecular flexibility index (Phi) is 4.53. The van der Waals surface area contributed by atoms with E-state index in [0.717, 1.165) is 13.3 Å². The molecule has 132 valence electrons. The van der Waals surface area contributed by atoms with E-state index in [9.17, 15) is 0 Å². The van der Waals surface area contributed by atoms with Crippen molar-refractivity contribution in [2.24, 2.45) is 0 Å². The molecule has 0 bridgehead atoms. The van der Waals surface area contributed by atoms with Crippen molar-refractivity contribution >= 4 is 17.1 Å². The van der Waals surface area contributed by atoms with Crippen LogP contribution in [0.25, 0.3) is 0 Å². The summed E-state index contributed by atoms with van der Waals surface area (Å²) in [5.74, 6) is 0.560. The highest BCUT2D eigenvalue weighted by molar-refractivity contribution is 5.64. The fourth-order valence-corrected chi connectivity index (χ4v) is 3.40. The van der Waals surface area contributed by atoms with Crippen LogP contribution in [0, 0.1) is 0 Å². The first-order valence-corrected chi connectivity index (χ1v) is 9.22. The summed E-state index contributed by atoms with van der Waals surface area (Å²) in [5.41, 5.74) is 5.05. The van der Waals surface area contributed by atoms with Crippen LogP contribution in [0.2, 0.25) is 0 Å². The molecule has 26 heavy (non-hydrogen) atoms. The van der Waals surface area contributed by atoms with Gasteiger partial charge in [0, 0.05) is 5.69 Å². The molecule has 0 aliphatic carbocycles. The summed E-state index contributed by atoms with van der Waals surface area (Å²) in [4.78, 5) is 2.41. The second-order valence-corrected chi connectivity index (χ2v) is 7.04. The molecule has 0 saturated carbocycles. The molecule has 0 spiro atoms. The van der Waals surface area contributed by atoms with E-state index in [4.69, 9.17) is 0 Å². The first kappa shape index (κ1) is 16.5. The first-order chi connectivity index (χ1) is 12.7. The van der Waals surface area contributed by atoms with Crippen LogP contribution < -0.4 is 14.9 Å². The highest BCUT2D eigenvalue weighted by Gasteiger charge is 2.28. The lowest BCUT2D eigenvalue weighted by Gasteiger charge is -2.29. The molecule has 3 heteroatoms. The Hall–Kier alpha value is -2.94. The maximum absolute atomic E-state index is 2.41. The van der Waals surface area contributed by atoms with Crippen LogP contribution in [0.4, 0.5) is 17.1 Å². The second-order valence-electron chi connectivity index (χ2n) is 7.04. The van der Waals surface area contributed by atoms with Gasteiger partial charge in [-0.1, -0.05) is 62.4 Å². The van der Waals surface area contributed by atoms with E-state index in [1.54, 1.807) is 0 Å². The molecule has 0 amide bonds. The molecule has 0 atom stereocenters. The van der Waals surface area contributed by atoms with Crippen molar-refractivity contribution in [3.8, 4) is 0 Å². The highest BCUT2D eigenvalue weighted by Crippen LogP contribution is 2.30. The van der Waals surface area contributed by atoms with Crippen molar-refractivity contribution in [1.82, 2.24) is 0 Å². The van der Waals surface area contributed by atoms with Crippen molar-refractivity contribution in [2.75, 3.05) is 28.3 Å². The van der Waals surface area contributed by atoms with Gasteiger partial charge in [-0.15, -0.1) is 0 Å². The largest absolute Gasteiger partial charge is 0.332 e. The van der Waals surface area contributed by atoms with Gasteiger partial charge in [0.05, 0.1) is 11.4 Å². The number of hydrazine groups is 1. The maximum Gasteiger partial charge on any atom is 0.112 e. The van der Waals surface area contributed by atoms with Gasteiger partial charge in [-0.05, 0) is 47.9 Å². The first-order valence-electron chi connectivity index (χ1n) is 9.22. The van der Waals surface area contributed by atoms with Crippen LogP contribution >= 0.6 is 0 Å². The predicted octanol–water partition coefficient (Wildman–Crippen LogP) is 5.47. The van der Waals surface area contributed by atoms with Crippen molar-refractivity contribution in [3.63, 3.8) is 0 Å². The molecule has 1 heterocycles. The van der Waals surface area contributed by atoms with E-state index < -0.39 is 0 Å². The Morgan fingerprint density at radius 3 is 1.46 bits per heavy atom. The van der Waals surface area contributed by atoms with E-state index in [2.05, 4.69) is 114 Å². The molecule has 1 saturated heterocycles. The predicted molar refractivity (Wildman–Crippen MR) is 111 cm³/mol. The Morgan fingerprint density at radius 1 is 0.577 bits per heavy atom. The highest BCUT2D eigenvalue weighted by atomic mass is 15.7. The molecule has 0 unspecified atom stereocenters. The molecule has 1 fully saturated rings. The number of anilines is 3. The average molecular weight is 343 g/mol. The Balaban J connectivity index is 1.65. The minimum atomic E-state index is 0.560. The molecule has 4 rings (SSSR count). The molecule has 1 aliphatic rings. The Bertz CT molecular complexity index is 781. The minimum absolute atomic E-state index is 0.560. The normalized spacial score (nSPS) is 14.3. The topological polar surface area (TPSA) is 9.72 Å². The zero-order valence-electron chi connectivity index (χ0n) is 15.4. The quantitative estimate of drug-likeness (QED) is 0.621. The summed E-state index contributed by atoms with van der Waals surface area (Å²) in [5, 5.41) is 4.68. The van der Waals surface area contributed by atoms with Crippen LogP contribution in [0.3, 0.4) is 0 Å². The van der Waals surface area contributed by atoms with Gasteiger partial charge in [0.15, 0.2) is 0 Å². The molecule has 0 radical (unpaired) electrons. The Morgan fingerprint density at radius 2 is 1.04 bits per heavy atom. The lowest BCUT2D eigenvalue weighted by atomic mass is 10.0. The molecular weight excluding hydrogens is 318 g/mol. The zero-order chi connectivity index (χ0) is 17.9. The summed E-state index contributed by atoms with van der Waals surface area (Å²) in [6.07, 6.45) is 0. The zero-order valence-corrected chi connectivity index (χ0v) is 15.4. The summed E-state index contributed by atoms with van der Waals surface area (Å²) in [6.45, 7) is 6.14. The van der Waals surface area contributed by atoms with E-state index in [1.807, 2.05) is 0 Å². The van der Waals surface area contributed by atoms with Crippen molar-refractivity contribution in [2.45, 2.75) is 19.8 Å². The van der Waals surface area contributed by atoms with Crippen LogP contribution in [-0.2, 0) is 0 Å². The second kappa shape index (κ2) is 7.12. The monoisotopic (exact) mass is 343 g/mol. The van der Waals surface area contributed by atoms with Crippen LogP contribution in [-0.4, -0.2) is 13.3 Å². The van der Waals surface area contributed by atoms with Gasteiger partial charge in [0.2, 0.25) is 0 Å². The van der Waals surface area contributed by atoms with Gasteiger partial charge in [-0.3, -0.25) is 10.0 Å². The van der Waals surface area contributed by atoms with Crippen LogP contribution in [0.5, 0.6) is 0 Å². The maximum atomic E-state index is 2.41. The molecule has 0 N–H and O–H groups in total. The summed E-state index contributed by atoms with van der Waals surface area (Å²) < 4.78 is 0. The summed E-state index contributed by atoms with van der Waals surface area (Å²) in [6, 6.07) is 30.2. The third kappa shape index (κ3) is 3.25. The van der Waals surface area contributed by atoms with Gasteiger partial charge in [0.1, 0.15) is 13.3 Å². The molecule has 3 aromatic carbocycles. The number of nitrogens with zero attached hydrogens (tertiary/aromatic N) is 3. The lowest BCUT2D eigenvalue weighted by Crippen LogP contribution is -2.36. The third-order valence-corrected chi connectivity index (χ3v) is 4.93. The van der Waals surface area contributed by atoms with Gasteiger partial charge < -0.3 is 4.90 Å². The van der Waals surface area contributed by atoms with Crippen LogP contribution in [0.15, 0.2) is 84.9 Å². The van der Waals surface area contributed by atoms with Gasteiger partial charge in [-0.2, -0.15) is 0 Å². The number of benzene rings is 3. The smallest absolute Gasteiger partial charge is 0.112 e. The summed E-state index contributed by atoms with van der Waals surface area (Å²) in [7, 11) is 0. The van der Waals surface area contributed by atoms with Crippen molar-refractivity contribution in [3.05, 3.63) is 90.5 Å². The van der Waals surface area contributed by atoms with Crippen LogP contribution in [0.1, 0.15) is 25.3 Å². The third-order valence-electron chi connectivity index (χ3n) is 4.93. The minimum Gasteiger partial charge on any atom is -0.332 e. The van der Waals surface area contributed by atoms with E-state index in [1.165, 1.54) is 22.6 Å². The average Bonchev–Trinajstić information content (AvgIpc) is 3.15. The fourth-order valence-electron chi connectivity index (χ4n) is 3.40. The molecular formula is C23H25N3. The van der Waals surface area contributed by atoms with Crippen molar-refractivity contribution in [1.29, 1.82) is 0 Å². The van der Waals surface area contributed by atoms with E-state index >= 15 is 0 Å². The van der Waals surface area contributed by atoms with Gasteiger partial charge >= 0.3 is 0 Å². The standard InChI is InChI=1S/C23H25N3/c1-19(2)20-13-15-21(16-14-20)24-17-25(22-9-5-3-6-10-22)26(18-24)23-11-7-4-8-12-23/h3-16,19H,17-18H2,1-2H3. The molecule has 0 aromatic heterocycles. The molecule has 1 aliphatic heterocycles. The van der Waals surface area contributed by atoms with E-state index in [0.29, 0.717) is 5.92 Å². The Labute approximate surface area is 156 Å². The molecule has 3 nitrogen and oxygen atoms in total.